The Bertz CT molecular complexity index is 365. The zero-order chi connectivity index (χ0) is 15.2. The Morgan fingerprint density at radius 3 is 1.90 bits per heavy atom. The Labute approximate surface area is 133 Å². The van der Waals surface area contributed by atoms with Gasteiger partial charge in [0.25, 0.3) is 0 Å². The standard InChI is InChI=1S/C18H30O2S/c1-2-3-4-5-6-7-8-9-10-14-17-21(19)20-18-15-12-11-13-16-18/h11-13,15-16H,2-10,14,17H2,1H3. The van der Waals surface area contributed by atoms with Crippen LogP contribution in [0.25, 0.3) is 0 Å². The van der Waals surface area contributed by atoms with E-state index in [4.69, 9.17) is 4.18 Å². The highest BCUT2D eigenvalue weighted by molar-refractivity contribution is 7.80. The molecule has 0 aromatic heterocycles. The molecule has 0 fully saturated rings. The molecule has 0 radical (unpaired) electrons. The number of hydrogen-bond donors (Lipinski definition) is 0. The monoisotopic (exact) mass is 310 g/mol. The Morgan fingerprint density at radius 2 is 1.33 bits per heavy atom. The molecule has 1 unspecified atom stereocenters. The summed E-state index contributed by atoms with van der Waals surface area (Å²) in [5.41, 5.74) is 0. The van der Waals surface area contributed by atoms with Crippen molar-refractivity contribution in [2.75, 3.05) is 5.75 Å². The van der Waals surface area contributed by atoms with Crippen molar-refractivity contribution in [3.05, 3.63) is 30.3 Å². The van der Waals surface area contributed by atoms with Crippen molar-refractivity contribution < 1.29 is 8.39 Å². The van der Waals surface area contributed by atoms with E-state index < -0.39 is 11.1 Å². The number of hydrogen-bond acceptors (Lipinski definition) is 2. The van der Waals surface area contributed by atoms with Gasteiger partial charge in [-0.1, -0.05) is 82.9 Å². The molecule has 0 aliphatic heterocycles. The Hall–Kier alpha value is -0.830. The van der Waals surface area contributed by atoms with E-state index in [1.165, 1.54) is 57.8 Å². The first-order valence-corrected chi connectivity index (χ1v) is 9.69. The molecule has 0 spiro atoms. The summed E-state index contributed by atoms with van der Waals surface area (Å²) in [6.45, 7) is 2.26. The van der Waals surface area contributed by atoms with Gasteiger partial charge in [0, 0.05) is 0 Å². The SMILES string of the molecule is CCCCCCCCCCCCS(=O)Oc1ccccc1. The molecule has 1 rings (SSSR count). The van der Waals surface area contributed by atoms with Crippen LogP contribution in [0.3, 0.4) is 0 Å². The van der Waals surface area contributed by atoms with Gasteiger partial charge in [-0.3, -0.25) is 0 Å². The largest absolute Gasteiger partial charge is 0.401 e. The van der Waals surface area contributed by atoms with Gasteiger partial charge < -0.3 is 4.18 Å². The molecular weight excluding hydrogens is 280 g/mol. The van der Waals surface area contributed by atoms with Crippen LogP contribution in [0.4, 0.5) is 0 Å². The number of rotatable bonds is 13. The second kappa shape index (κ2) is 12.9. The van der Waals surface area contributed by atoms with Crippen molar-refractivity contribution in [3.63, 3.8) is 0 Å². The van der Waals surface area contributed by atoms with Crippen LogP contribution in [-0.4, -0.2) is 9.96 Å². The van der Waals surface area contributed by atoms with Gasteiger partial charge >= 0.3 is 0 Å². The minimum absolute atomic E-state index is 0.644. The summed E-state index contributed by atoms with van der Waals surface area (Å²) in [7, 11) is 0. The number of unbranched alkanes of at least 4 members (excludes halogenated alkanes) is 9. The summed E-state index contributed by atoms with van der Waals surface area (Å²) in [5.74, 6) is 1.34. The van der Waals surface area contributed by atoms with E-state index in [-0.39, 0.29) is 0 Å². The summed E-state index contributed by atoms with van der Waals surface area (Å²) in [5, 5.41) is 0. The maximum atomic E-state index is 11.7. The minimum Gasteiger partial charge on any atom is -0.401 e. The Balaban J connectivity index is 1.89. The van der Waals surface area contributed by atoms with Crippen molar-refractivity contribution in [2.45, 2.75) is 71.1 Å². The smallest absolute Gasteiger partial charge is 0.206 e. The first-order valence-electron chi connectivity index (χ1n) is 8.44. The minimum atomic E-state index is -1.18. The predicted octanol–water partition coefficient (Wildman–Crippen LogP) is 5.65. The highest BCUT2D eigenvalue weighted by Gasteiger charge is 2.02. The van der Waals surface area contributed by atoms with Gasteiger partial charge in [0.1, 0.15) is 5.75 Å². The van der Waals surface area contributed by atoms with E-state index in [0.29, 0.717) is 11.5 Å². The third-order valence-electron chi connectivity index (χ3n) is 3.60. The predicted molar refractivity (Wildman–Crippen MR) is 91.9 cm³/mol. The highest BCUT2D eigenvalue weighted by atomic mass is 32.2. The van der Waals surface area contributed by atoms with E-state index in [9.17, 15) is 4.21 Å². The third kappa shape index (κ3) is 10.5. The lowest BCUT2D eigenvalue weighted by molar-refractivity contribution is 0.547. The average Bonchev–Trinajstić information content (AvgIpc) is 2.50. The van der Waals surface area contributed by atoms with Crippen LogP contribution in [0.15, 0.2) is 30.3 Å². The lowest BCUT2D eigenvalue weighted by Crippen LogP contribution is -2.05. The second-order valence-electron chi connectivity index (χ2n) is 5.59. The van der Waals surface area contributed by atoms with E-state index in [2.05, 4.69) is 6.92 Å². The van der Waals surface area contributed by atoms with E-state index in [1.807, 2.05) is 30.3 Å². The summed E-state index contributed by atoms with van der Waals surface area (Å²) in [6, 6.07) is 9.41. The van der Waals surface area contributed by atoms with Crippen LogP contribution >= 0.6 is 0 Å². The molecule has 0 aliphatic carbocycles. The molecule has 1 atom stereocenters. The van der Waals surface area contributed by atoms with Crippen molar-refractivity contribution in [1.29, 1.82) is 0 Å². The van der Waals surface area contributed by atoms with Crippen molar-refractivity contribution in [3.8, 4) is 5.75 Å². The van der Waals surface area contributed by atoms with Crippen molar-refractivity contribution in [1.82, 2.24) is 0 Å². The summed E-state index contributed by atoms with van der Waals surface area (Å²) in [4.78, 5) is 0. The molecule has 0 N–H and O–H groups in total. The van der Waals surface area contributed by atoms with Gasteiger partial charge in [0.15, 0.2) is 0 Å². The van der Waals surface area contributed by atoms with Crippen LogP contribution in [0.2, 0.25) is 0 Å². The van der Waals surface area contributed by atoms with Crippen LogP contribution in [-0.2, 0) is 11.1 Å². The zero-order valence-electron chi connectivity index (χ0n) is 13.4. The molecule has 0 saturated carbocycles. The lowest BCUT2D eigenvalue weighted by atomic mass is 10.1. The second-order valence-corrected chi connectivity index (χ2v) is 6.77. The van der Waals surface area contributed by atoms with E-state index in [1.54, 1.807) is 0 Å². The Kier molecular flexibility index (Phi) is 11.2. The van der Waals surface area contributed by atoms with Crippen LogP contribution in [0.5, 0.6) is 5.75 Å². The fourth-order valence-corrected chi connectivity index (χ4v) is 3.18. The maximum absolute atomic E-state index is 11.7. The quantitative estimate of drug-likeness (QED) is 0.440. The zero-order valence-corrected chi connectivity index (χ0v) is 14.2. The van der Waals surface area contributed by atoms with Gasteiger partial charge in [0.05, 0.1) is 5.75 Å². The first kappa shape index (κ1) is 18.2. The molecule has 0 amide bonds. The molecule has 2 nitrogen and oxygen atoms in total. The molecular formula is C18H30O2S. The van der Waals surface area contributed by atoms with E-state index in [0.717, 1.165) is 6.42 Å². The fourth-order valence-electron chi connectivity index (χ4n) is 2.33. The molecule has 0 saturated heterocycles. The van der Waals surface area contributed by atoms with Crippen LogP contribution in [0.1, 0.15) is 71.1 Å². The normalized spacial score (nSPS) is 12.2. The molecule has 1 aromatic rings. The first-order chi connectivity index (χ1) is 10.3. The summed E-state index contributed by atoms with van der Waals surface area (Å²) >= 11 is -1.18. The number of benzene rings is 1. The highest BCUT2D eigenvalue weighted by Crippen LogP contribution is 2.12. The summed E-state index contributed by atoms with van der Waals surface area (Å²) in [6.07, 6.45) is 13.0. The van der Waals surface area contributed by atoms with Gasteiger partial charge in [-0.25, -0.2) is 4.21 Å². The third-order valence-corrected chi connectivity index (χ3v) is 4.60. The topological polar surface area (TPSA) is 26.3 Å². The Morgan fingerprint density at radius 1 is 0.810 bits per heavy atom. The van der Waals surface area contributed by atoms with Gasteiger partial charge in [-0.05, 0) is 18.6 Å². The van der Waals surface area contributed by atoms with Crippen molar-refractivity contribution in [2.24, 2.45) is 0 Å². The molecule has 120 valence electrons. The fraction of sp³-hybridized carbons (Fsp3) is 0.667. The van der Waals surface area contributed by atoms with Gasteiger partial charge in [0.2, 0.25) is 11.1 Å². The van der Waals surface area contributed by atoms with E-state index >= 15 is 0 Å². The lowest BCUT2D eigenvalue weighted by Gasteiger charge is -2.05. The molecule has 3 heteroatoms. The average molecular weight is 311 g/mol. The van der Waals surface area contributed by atoms with Gasteiger partial charge in [-0.15, -0.1) is 0 Å². The molecule has 0 bridgehead atoms. The van der Waals surface area contributed by atoms with Crippen molar-refractivity contribution >= 4 is 11.1 Å². The molecule has 0 aliphatic rings. The molecule has 0 heterocycles. The maximum Gasteiger partial charge on any atom is 0.206 e. The summed E-state index contributed by atoms with van der Waals surface area (Å²) < 4.78 is 17.1. The number of para-hydroxylation sites is 1. The molecule has 21 heavy (non-hydrogen) atoms. The molecule has 1 aromatic carbocycles. The van der Waals surface area contributed by atoms with Gasteiger partial charge in [-0.2, -0.15) is 0 Å². The van der Waals surface area contributed by atoms with Crippen LogP contribution < -0.4 is 4.18 Å². The van der Waals surface area contributed by atoms with Crippen LogP contribution in [0, 0.1) is 0 Å².